The monoisotopic (exact) mass is 247 g/mol. The van der Waals surface area contributed by atoms with Crippen molar-refractivity contribution in [1.82, 2.24) is 5.32 Å². The first-order valence-corrected chi connectivity index (χ1v) is 7.83. The molecule has 2 N–H and O–H groups in total. The molecule has 5 heteroatoms. The van der Waals surface area contributed by atoms with Gasteiger partial charge in [0.15, 0.2) is 9.84 Å². The molecule has 0 aromatic rings. The molecule has 2 aliphatic rings. The van der Waals surface area contributed by atoms with Gasteiger partial charge in [-0.15, -0.1) is 0 Å². The van der Waals surface area contributed by atoms with Crippen molar-refractivity contribution in [1.29, 1.82) is 0 Å². The second-order valence-electron chi connectivity index (χ2n) is 5.69. The van der Waals surface area contributed by atoms with E-state index in [9.17, 15) is 13.5 Å². The van der Waals surface area contributed by atoms with Crippen LogP contribution in [-0.4, -0.2) is 42.7 Å². The van der Waals surface area contributed by atoms with E-state index in [-0.39, 0.29) is 17.0 Å². The fraction of sp³-hybridized carbons (Fsp3) is 1.00. The fourth-order valence-corrected chi connectivity index (χ4v) is 4.86. The van der Waals surface area contributed by atoms with Crippen LogP contribution in [0.4, 0.5) is 0 Å². The zero-order valence-corrected chi connectivity index (χ0v) is 10.6. The SMILES string of the molecule is CC1(NCC2(O)CCCC2)CCS(=O)(=O)C1. The van der Waals surface area contributed by atoms with E-state index in [1.54, 1.807) is 0 Å². The Hall–Kier alpha value is -0.130. The molecule has 0 amide bonds. The molecule has 1 unspecified atom stereocenters. The highest BCUT2D eigenvalue weighted by molar-refractivity contribution is 7.91. The Kier molecular flexibility index (Phi) is 3.05. The normalized spacial score (nSPS) is 36.6. The largest absolute Gasteiger partial charge is 0.389 e. The Morgan fingerprint density at radius 1 is 1.25 bits per heavy atom. The first kappa shape index (κ1) is 12.3. The first-order chi connectivity index (χ1) is 7.33. The summed E-state index contributed by atoms with van der Waals surface area (Å²) in [7, 11) is -2.86. The molecule has 2 rings (SSSR count). The van der Waals surface area contributed by atoms with Gasteiger partial charge in [-0.05, 0) is 26.2 Å². The molecule has 1 aliphatic heterocycles. The Morgan fingerprint density at radius 3 is 2.38 bits per heavy atom. The standard InChI is InChI=1S/C11H21NO3S/c1-10(6-7-16(14,15)9-10)12-8-11(13)4-2-3-5-11/h12-13H,2-9H2,1H3. The molecule has 1 atom stereocenters. The van der Waals surface area contributed by atoms with Gasteiger partial charge in [-0.3, -0.25) is 0 Å². The maximum Gasteiger partial charge on any atom is 0.152 e. The van der Waals surface area contributed by atoms with Crippen LogP contribution in [0.15, 0.2) is 0 Å². The quantitative estimate of drug-likeness (QED) is 0.760. The molecule has 1 saturated heterocycles. The van der Waals surface area contributed by atoms with Crippen LogP contribution < -0.4 is 5.32 Å². The van der Waals surface area contributed by atoms with Gasteiger partial charge in [0.25, 0.3) is 0 Å². The van der Waals surface area contributed by atoms with Crippen molar-refractivity contribution in [2.24, 2.45) is 0 Å². The van der Waals surface area contributed by atoms with Gasteiger partial charge >= 0.3 is 0 Å². The molecular formula is C11H21NO3S. The smallest absolute Gasteiger partial charge is 0.152 e. The summed E-state index contributed by atoms with van der Waals surface area (Å²) in [5.74, 6) is 0.477. The van der Waals surface area contributed by atoms with Crippen molar-refractivity contribution in [3.63, 3.8) is 0 Å². The van der Waals surface area contributed by atoms with Gasteiger partial charge in [0.2, 0.25) is 0 Å². The third-order valence-electron chi connectivity index (χ3n) is 3.88. The summed E-state index contributed by atoms with van der Waals surface area (Å²) in [6.07, 6.45) is 4.48. The third-order valence-corrected chi connectivity index (χ3v) is 5.78. The maximum atomic E-state index is 11.4. The molecule has 0 aromatic heterocycles. The van der Waals surface area contributed by atoms with E-state index >= 15 is 0 Å². The number of hydrogen-bond acceptors (Lipinski definition) is 4. The van der Waals surface area contributed by atoms with Crippen molar-refractivity contribution < 1.29 is 13.5 Å². The highest BCUT2D eigenvalue weighted by Crippen LogP contribution is 2.30. The molecule has 94 valence electrons. The minimum atomic E-state index is -2.86. The summed E-state index contributed by atoms with van der Waals surface area (Å²) in [6.45, 7) is 2.47. The Balaban J connectivity index is 1.91. The molecule has 2 fully saturated rings. The lowest BCUT2D eigenvalue weighted by molar-refractivity contribution is 0.0409. The zero-order chi connectivity index (χ0) is 11.9. The van der Waals surface area contributed by atoms with E-state index in [0.717, 1.165) is 25.7 Å². The lowest BCUT2D eigenvalue weighted by Gasteiger charge is -2.30. The van der Waals surface area contributed by atoms with Gasteiger partial charge in [0.1, 0.15) is 0 Å². The van der Waals surface area contributed by atoms with Crippen molar-refractivity contribution in [2.45, 2.75) is 50.2 Å². The molecule has 16 heavy (non-hydrogen) atoms. The van der Waals surface area contributed by atoms with Gasteiger partial charge in [0, 0.05) is 12.1 Å². The van der Waals surface area contributed by atoms with Crippen LogP contribution >= 0.6 is 0 Å². The summed E-state index contributed by atoms with van der Waals surface area (Å²) < 4.78 is 22.8. The van der Waals surface area contributed by atoms with Crippen molar-refractivity contribution in [2.75, 3.05) is 18.1 Å². The van der Waals surface area contributed by atoms with Crippen LogP contribution in [0, 0.1) is 0 Å². The number of hydrogen-bond donors (Lipinski definition) is 2. The number of sulfone groups is 1. The summed E-state index contributed by atoms with van der Waals surface area (Å²) in [5, 5.41) is 13.5. The molecule has 0 aromatic carbocycles. The van der Waals surface area contributed by atoms with Gasteiger partial charge in [-0.25, -0.2) is 8.42 Å². The minimum absolute atomic E-state index is 0.204. The predicted octanol–water partition coefficient (Wildman–Crippen LogP) is 0.458. The predicted molar refractivity (Wildman–Crippen MR) is 63.1 cm³/mol. The van der Waals surface area contributed by atoms with Crippen LogP contribution in [0.25, 0.3) is 0 Å². The molecule has 0 bridgehead atoms. The van der Waals surface area contributed by atoms with E-state index in [1.165, 1.54) is 0 Å². The van der Waals surface area contributed by atoms with Crippen LogP contribution in [0.2, 0.25) is 0 Å². The summed E-state index contributed by atoms with van der Waals surface area (Å²) in [6, 6.07) is 0. The Bertz CT molecular complexity index is 359. The van der Waals surface area contributed by atoms with E-state index in [4.69, 9.17) is 0 Å². The fourth-order valence-electron chi connectivity index (χ4n) is 2.74. The topological polar surface area (TPSA) is 66.4 Å². The summed E-state index contributed by atoms with van der Waals surface area (Å²) in [4.78, 5) is 0. The average molecular weight is 247 g/mol. The van der Waals surface area contributed by atoms with E-state index in [0.29, 0.717) is 13.0 Å². The molecule has 4 nitrogen and oxygen atoms in total. The number of aliphatic hydroxyl groups is 1. The Morgan fingerprint density at radius 2 is 1.88 bits per heavy atom. The van der Waals surface area contributed by atoms with Crippen molar-refractivity contribution >= 4 is 9.84 Å². The van der Waals surface area contributed by atoms with Crippen molar-refractivity contribution in [3.05, 3.63) is 0 Å². The Labute approximate surface area is 97.3 Å². The van der Waals surface area contributed by atoms with Crippen LogP contribution in [0.3, 0.4) is 0 Å². The summed E-state index contributed by atoms with van der Waals surface area (Å²) in [5.41, 5.74) is -0.938. The van der Waals surface area contributed by atoms with Crippen LogP contribution in [-0.2, 0) is 9.84 Å². The lowest BCUT2D eigenvalue weighted by atomic mass is 9.97. The second-order valence-corrected chi connectivity index (χ2v) is 7.87. The highest BCUT2D eigenvalue weighted by atomic mass is 32.2. The third kappa shape index (κ3) is 2.76. The maximum absolute atomic E-state index is 11.4. The molecule has 0 radical (unpaired) electrons. The molecular weight excluding hydrogens is 226 g/mol. The van der Waals surface area contributed by atoms with Crippen LogP contribution in [0.5, 0.6) is 0 Å². The number of rotatable bonds is 3. The molecule has 1 heterocycles. The zero-order valence-electron chi connectivity index (χ0n) is 9.83. The van der Waals surface area contributed by atoms with E-state index < -0.39 is 15.4 Å². The van der Waals surface area contributed by atoms with Gasteiger partial charge < -0.3 is 10.4 Å². The number of β-amino-alcohol motifs (C(OH)–C–C–N with tert-alkyl or cyclic N) is 1. The first-order valence-electron chi connectivity index (χ1n) is 6.01. The average Bonchev–Trinajstić information content (AvgIpc) is 2.70. The van der Waals surface area contributed by atoms with Gasteiger partial charge in [-0.2, -0.15) is 0 Å². The molecule has 1 saturated carbocycles. The highest BCUT2D eigenvalue weighted by Gasteiger charge is 2.40. The molecule has 1 aliphatic carbocycles. The second kappa shape index (κ2) is 3.96. The van der Waals surface area contributed by atoms with Crippen molar-refractivity contribution in [3.8, 4) is 0 Å². The summed E-state index contributed by atoms with van der Waals surface area (Å²) >= 11 is 0. The van der Waals surface area contributed by atoms with E-state index in [1.807, 2.05) is 6.92 Å². The lowest BCUT2D eigenvalue weighted by Crippen LogP contribution is -2.50. The number of nitrogens with one attached hydrogen (secondary N) is 1. The van der Waals surface area contributed by atoms with Gasteiger partial charge in [-0.1, -0.05) is 12.8 Å². The van der Waals surface area contributed by atoms with Gasteiger partial charge in [0.05, 0.1) is 17.1 Å². The molecule has 0 spiro atoms. The van der Waals surface area contributed by atoms with E-state index in [2.05, 4.69) is 5.32 Å². The minimum Gasteiger partial charge on any atom is -0.389 e. The van der Waals surface area contributed by atoms with Crippen LogP contribution in [0.1, 0.15) is 39.0 Å².